The van der Waals surface area contributed by atoms with Crippen LogP contribution in [0.2, 0.25) is 0 Å². The van der Waals surface area contributed by atoms with Crippen LogP contribution in [0, 0.1) is 11.6 Å². The number of carbonyl (C=O) groups excluding carboxylic acids is 2. The summed E-state index contributed by atoms with van der Waals surface area (Å²) in [4.78, 5) is 26.6. The number of amides is 2. The third-order valence-corrected chi connectivity index (χ3v) is 3.88. The average Bonchev–Trinajstić information content (AvgIpc) is 2.62. The molecule has 0 bridgehead atoms. The minimum Gasteiger partial charge on any atom is -0.378 e. The molecule has 1 aliphatic rings. The topological polar surface area (TPSA) is 58.6 Å². The number of anilines is 1. The third-order valence-electron chi connectivity index (χ3n) is 3.88. The number of carbonyl (C=O) groups is 2. The Labute approximate surface area is 143 Å². The molecule has 7 heteroatoms. The van der Waals surface area contributed by atoms with E-state index in [0.717, 1.165) is 12.1 Å². The van der Waals surface area contributed by atoms with E-state index in [1.54, 1.807) is 29.2 Å². The number of hydrogen-bond acceptors (Lipinski definition) is 3. The summed E-state index contributed by atoms with van der Waals surface area (Å²) in [5.74, 6) is -2.72. The van der Waals surface area contributed by atoms with Gasteiger partial charge >= 0.3 is 0 Å². The number of ether oxygens (including phenoxy) is 1. The molecule has 0 radical (unpaired) electrons. The standard InChI is InChI=1S/C18H16F2N2O3/c19-12-5-6-13(15(20)11-12)17(23)21-16-4-2-1-3-14(16)18(24)22-7-9-25-10-8-22/h1-6,11H,7-10H2,(H,21,23). The second-order valence-corrected chi connectivity index (χ2v) is 5.53. The molecule has 2 aromatic rings. The minimum absolute atomic E-state index is 0.237. The summed E-state index contributed by atoms with van der Waals surface area (Å²) in [5, 5.41) is 2.53. The first-order valence-electron chi connectivity index (χ1n) is 7.79. The van der Waals surface area contributed by atoms with E-state index >= 15 is 0 Å². The van der Waals surface area contributed by atoms with Gasteiger partial charge in [0.25, 0.3) is 11.8 Å². The molecule has 1 fully saturated rings. The van der Waals surface area contributed by atoms with Gasteiger partial charge in [0.15, 0.2) is 0 Å². The van der Waals surface area contributed by atoms with E-state index in [2.05, 4.69) is 5.32 Å². The smallest absolute Gasteiger partial charge is 0.258 e. The first kappa shape index (κ1) is 17.0. The Kier molecular flexibility index (Phi) is 5.04. The van der Waals surface area contributed by atoms with E-state index in [9.17, 15) is 18.4 Å². The number of halogens is 2. The number of nitrogens with zero attached hydrogens (tertiary/aromatic N) is 1. The Bertz CT molecular complexity index is 805. The maximum absolute atomic E-state index is 13.8. The fourth-order valence-electron chi connectivity index (χ4n) is 2.58. The van der Waals surface area contributed by atoms with E-state index in [-0.39, 0.29) is 17.2 Å². The molecular formula is C18H16F2N2O3. The normalized spacial score (nSPS) is 14.2. The highest BCUT2D eigenvalue weighted by Crippen LogP contribution is 2.20. The van der Waals surface area contributed by atoms with E-state index in [1.165, 1.54) is 0 Å². The van der Waals surface area contributed by atoms with Crippen LogP contribution in [0.3, 0.4) is 0 Å². The van der Waals surface area contributed by atoms with Gasteiger partial charge < -0.3 is 15.0 Å². The molecule has 130 valence electrons. The molecule has 0 atom stereocenters. The molecule has 0 saturated carbocycles. The van der Waals surface area contributed by atoms with Crippen molar-refractivity contribution in [2.75, 3.05) is 31.6 Å². The average molecular weight is 346 g/mol. The Morgan fingerprint density at radius 2 is 1.72 bits per heavy atom. The summed E-state index contributed by atoms with van der Waals surface area (Å²) in [6, 6.07) is 9.20. The van der Waals surface area contributed by atoms with Gasteiger partial charge in [-0.2, -0.15) is 0 Å². The van der Waals surface area contributed by atoms with Gasteiger partial charge in [0.1, 0.15) is 11.6 Å². The van der Waals surface area contributed by atoms with E-state index in [1.807, 2.05) is 0 Å². The molecule has 5 nitrogen and oxygen atoms in total. The van der Waals surface area contributed by atoms with Crippen LogP contribution in [0.5, 0.6) is 0 Å². The second-order valence-electron chi connectivity index (χ2n) is 5.53. The van der Waals surface area contributed by atoms with Crippen LogP contribution in [0.15, 0.2) is 42.5 Å². The number of benzene rings is 2. The van der Waals surface area contributed by atoms with Crippen molar-refractivity contribution in [1.82, 2.24) is 4.90 Å². The van der Waals surface area contributed by atoms with Crippen molar-refractivity contribution in [3.63, 3.8) is 0 Å². The highest BCUT2D eigenvalue weighted by molar-refractivity contribution is 6.09. The zero-order valence-corrected chi connectivity index (χ0v) is 13.3. The maximum Gasteiger partial charge on any atom is 0.258 e. The molecule has 1 N–H and O–H groups in total. The van der Waals surface area contributed by atoms with Crippen LogP contribution < -0.4 is 5.32 Å². The van der Waals surface area contributed by atoms with Crippen LogP contribution in [0.1, 0.15) is 20.7 Å². The van der Waals surface area contributed by atoms with Crippen LogP contribution in [-0.2, 0) is 4.74 Å². The Morgan fingerprint density at radius 1 is 1.00 bits per heavy atom. The lowest BCUT2D eigenvalue weighted by Crippen LogP contribution is -2.41. The summed E-state index contributed by atoms with van der Waals surface area (Å²) in [6.45, 7) is 1.85. The highest BCUT2D eigenvalue weighted by atomic mass is 19.1. The lowest BCUT2D eigenvalue weighted by atomic mass is 10.1. The van der Waals surface area contributed by atoms with Crippen molar-refractivity contribution in [1.29, 1.82) is 0 Å². The van der Waals surface area contributed by atoms with Gasteiger partial charge in [-0.05, 0) is 24.3 Å². The van der Waals surface area contributed by atoms with Crippen LogP contribution in [-0.4, -0.2) is 43.0 Å². The molecule has 2 aromatic carbocycles. The lowest BCUT2D eigenvalue weighted by molar-refractivity contribution is 0.0303. The van der Waals surface area contributed by atoms with Crippen molar-refractivity contribution in [3.8, 4) is 0 Å². The molecule has 0 spiro atoms. The SMILES string of the molecule is O=C(Nc1ccccc1C(=O)N1CCOCC1)c1ccc(F)cc1F. The minimum atomic E-state index is -0.963. The van der Waals surface area contributed by atoms with Gasteiger partial charge in [0.05, 0.1) is 30.0 Å². The molecule has 0 aliphatic carbocycles. The first-order valence-corrected chi connectivity index (χ1v) is 7.79. The Balaban J connectivity index is 1.83. The summed E-state index contributed by atoms with van der Waals surface area (Å²) in [5.41, 5.74) is 0.281. The van der Waals surface area contributed by atoms with Crippen LogP contribution in [0.4, 0.5) is 14.5 Å². The van der Waals surface area contributed by atoms with E-state index in [0.29, 0.717) is 37.9 Å². The van der Waals surface area contributed by atoms with Gasteiger partial charge in [0.2, 0.25) is 0 Å². The van der Waals surface area contributed by atoms with Gasteiger partial charge in [-0.15, -0.1) is 0 Å². The zero-order chi connectivity index (χ0) is 17.8. The zero-order valence-electron chi connectivity index (χ0n) is 13.3. The van der Waals surface area contributed by atoms with Crippen molar-refractivity contribution in [2.45, 2.75) is 0 Å². The molecule has 0 aromatic heterocycles. The number of rotatable bonds is 3. The van der Waals surface area contributed by atoms with Crippen LogP contribution in [0.25, 0.3) is 0 Å². The predicted molar refractivity (Wildman–Crippen MR) is 87.5 cm³/mol. The van der Waals surface area contributed by atoms with Crippen molar-refractivity contribution >= 4 is 17.5 Å². The largest absolute Gasteiger partial charge is 0.378 e. The number of para-hydroxylation sites is 1. The number of hydrogen-bond donors (Lipinski definition) is 1. The lowest BCUT2D eigenvalue weighted by Gasteiger charge is -2.27. The molecule has 1 heterocycles. The first-order chi connectivity index (χ1) is 12.1. The molecule has 1 aliphatic heterocycles. The monoisotopic (exact) mass is 346 g/mol. The molecular weight excluding hydrogens is 330 g/mol. The fourth-order valence-corrected chi connectivity index (χ4v) is 2.58. The summed E-state index contributed by atoms with van der Waals surface area (Å²) >= 11 is 0. The Hall–Kier alpha value is -2.80. The Morgan fingerprint density at radius 3 is 2.44 bits per heavy atom. The van der Waals surface area contributed by atoms with Crippen molar-refractivity contribution in [2.24, 2.45) is 0 Å². The molecule has 0 unspecified atom stereocenters. The van der Waals surface area contributed by atoms with E-state index < -0.39 is 17.5 Å². The summed E-state index contributed by atoms with van der Waals surface area (Å²) < 4.78 is 32.0. The number of nitrogens with one attached hydrogen (secondary N) is 1. The highest BCUT2D eigenvalue weighted by Gasteiger charge is 2.22. The van der Waals surface area contributed by atoms with Gasteiger partial charge in [-0.3, -0.25) is 9.59 Å². The van der Waals surface area contributed by atoms with Gasteiger partial charge in [-0.25, -0.2) is 8.78 Å². The molecule has 2 amide bonds. The van der Waals surface area contributed by atoms with Crippen molar-refractivity contribution in [3.05, 3.63) is 65.2 Å². The summed E-state index contributed by atoms with van der Waals surface area (Å²) in [7, 11) is 0. The molecule has 3 rings (SSSR count). The molecule has 1 saturated heterocycles. The van der Waals surface area contributed by atoms with Gasteiger partial charge in [0, 0.05) is 19.2 Å². The van der Waals surface area contributed by atoms with Gasteiger partial charge in [-0.1, -0.05) is 12.1 Å². The predicted octanol–water partition coefficient (Wildman–Crippen LogP) is 2.69. The quantitative estimate of drug-likeness (QED) is 0.930. The molecule has 25 heavy (non-hydrogen) atoms. The van der Waals surface area contributed by atoms with Crippen molar-refractivity contribution < 1.29 is 23.1 Å². The van der Waals surface area contributed by atoms with Crippen LogP contribution >= 0.6 is 0 Å². The van der Waals surface area contributed by atoms with E-state index in [4.69, 9.17) is 4.74 Å². The maximum atomic E-state index is 13.8. The summed E-state index contributed by atoms with van der Waals surface area (Å²) in [6.07, 6.45) is 0. The second kappa shape index (κ2) is 7.40. The number of morpholine rings is 1. The third kappa shape index (κ3) is 3.83. The fraction of sp³-hybridized carbons (Fsp3) is 0.222.